The number of amides is 1. The predicted molar refractivity (Wildman–Crippen MR) is 115 cm³/mol. The van der Waals surface area contributed by atoms with Gasteiger partial charge in [0.05, 0.1) is 27.8 Å². The maximum absolute atomic E-state index is 13.4. The van der Waals surface area contributed by atoms with Crippen LogP contribution in [0.3, 0.4) is 0 Å². The van der Waals surface area contributed by atoms with Crippen LogP contribution in [0.2, 0.25) is 5.02 Å². The molecule has 0 saturated carbocycles. The van der Waals surface area contributed by atoms with E-state index in [1.807, 2.05) is 12.1 Å². The zero-order valence-electron chi connectivity index (χ0n) is 15.7. The topological polar surface area (TPSA) is 76.6 Å². The summed E-state index contributed by atoms with van der Waals surface area (Å²) in [6, 6.07) is 11.5. The van der Waals surface area contributed by atoms with Gasteiger partial charge >= 0.3 is 0 Å². The molecule has 9 heteroatoms. The van der Waals surface area contributed by atoms with Crippen LogP contribution in [0.1, 0.15) is 23.2 Å². The van der Waals surface area contributed by atoms with Crippen molar-refractivity contribution < 1.29 is 17.9 Å². The van der Waals surface area contributed by atoms with E-state index in [0.717, 1.165) is 29.3 Å². The normalized spacial score (nSPS) is 17.0. The molecular weight excluding hydrogens is 432 g/mol. The molecule has 2 aromatic carbocycles. The number of anilines is 1. The highest BCUT2D eigenvalue weighted by Crippen LogP contribution is 2.32. The number of hydrogen-bond donors (Lipinski definition) is 0. The Morgan fingerprint density at radius 3 is 2.86 bits per heavy atom. The number of thiazole rings is 1. The molecule has 29 heavy (non-hydrogen) atoms. The van der Waals surface area contributed by atoms with Gasteiger partial charge in [-0.15, -0.1) is 0 Å². The minimum Gasteiger partial charge on any atom is -0.376 e. The molecule has 1 aliphatic heterocycles. The SMILES string of the molecule is CS(=O)(=O)c1cccc(C(=O)N(CC2CCCO2)c2nc3ccc(Cl)cc3s2)c1. The van der Waals surface area contributed by atoms with Crippen LogP contribution in [0.25, 0.3) is 10.2 Å². The van der Waals surface area contributed by atoms with Crippen LogP contribution in [-0.4, -0.2) is 44.8 Å². The largest absolute Gasteiger partial charge is 0.376 e. The molecule has 6 nitrogen and oxygen atoms in total. The average molecular weight is 451 g/mol. The number of carbonyl (C=O) groups excluding carboxylic acids is 1. The molecule has 1 unspecified atom stereocenters. The summed E-state index contributed by atoms with van der Waals surface area (Å²) in [5.74, 6) is -0.309. The van der Waals surface area contributed by atoms with Crippen LogP contribution >= 0.6 is 22.9 Å². The maximum Gasteiger partial charge on any atom is 0.260 e. The molecule has 1 amide bonds. The smallest absolute Gasteiger partial charge is 0.260 e. The first-order chi connectivity index (χ1) is 13.8. The van der Waals surface area contributed by atoms with E-state index < -0.39 is 9.84 Å². The van der Waals surface area contributed by atoms with Gasteiger partial charge in [-0.2, -0.15) is 0 Å². The molecule has 0 N–H and O–H groups in total. The van der Waals surface area contributed by atoms with Crippen LogP contribution < -0.4 is 4.90 Å². The monoisotopic (exact) mass is 450 g/mol. The van der Waals surface area contributed by atoms with Gasteiger partial charge in [-0.05, 0) is 49.2 Å². The summed E-state index contributed by atoms with van der Waals surface area (Å²) in [7, 11) is -3.42. The van der Waals surface area contributed by atoms with Gasteiger partial charge in [0.15, 0.2) is 15.0 Å². The lowest BCUT2D eigenvalue weighted by molar-refractivity contribution is 0.0917. The van der Waals surface area contributed by atoms with Gasteiger partial charge in [0, 0.05) is 23.4 Å². The first-order valence-electron chi connectivity index (χ1n) is 9.11. The molecule has 1 aromatic heterocycles. The zero-order chi connectivity index (χ0) is 20.6. The number of fused-ring (bicyclic) bond motifs is 1. The van der Waals surface area contributed by atoms with Crippen molar-refractivity contribution in [1.29, 1.82) is 0 Å². The number of carbonyl (C=O) groups is 1. The maximum atomic E-state index is 13.4. The van der Waals surface area contributed by atoms with Gasteiger partial charge in [-0.25, -0.2) is 13.4 Å². The highest BCUT2D eigenvalue weighted by atomic mass is 35.5. The van der Waals surface area contributed by atoms with Gasteiger partial charge in [0.1, 0.15) is 0 Å². The van der Waals surface area contributed by atoms with Crippen LogP contribution in [0, 0.1) is 0 Å². The fourth-order valence-electron chi connectivity index (χ4n) is 3.26. The lowest BCUT2D eigenvalue weighted by Gasteiger charge is -2.23. The van der Waals surface area contributed by atoms with Crippen molar-refractivity contribution in [2.75, 3.05) is 24.3 Å². The summed E-state index contributed by atoms with van der Waals surface area (Å²) in [5.41, 5.74) is 1.05. The minimum absolute atomic E-state index is 0.0763. The minimum atomic E-state index is -3.42. The third kappa shape index (κ3) is 4.45. The second-order valence-electron chi connectivity index (χ2n) is 6.96. The number of sulfone groups is 1. The van der Waals surface area contributed by atoms with Crippen molar-refractivity contribution in [2.24, 2.45) is 0 Å². The van der Waals surface area contributed by atoms with E-state index in [1.165, 1.54) is 23.5 Å². The molecule has 152 valence electrons. The summed E-state index contributed by atoms with van der Waals surface area (Å²) >= 11 is 7.46. The molecule has 1 fully saturated rings. The lowest BCUT2D eigenvalue weighted by Crippen LogP contribution is -2.37. The molecule has 3 aromatic rings. The van der Waals surface area contributed by atoms with Crippen LogP contribution in [0.5, 0.6) is 0 Å². The van der Waals surface area contributed by atoms with Crippen LogP contribution in [-0.2, 0) is 14.6 Å². The summed E-state index contributed by atoms with van der Waals surface area (Å²) < 4.78 is 30.4. The summed E-state index contributed by atoms with van der Waals surface area (Å²) in [6.45, 7) is 1.03. The zero-order valence-corrected chi connectivity index (χ0v) is 18.1. The third-order valence-corrected chi connectivity index (χ3v) is 7.12. The number of ether oxygens (including phenoxy) is 1. The van der Waals surface area contributed by atoms with Gasteiger partial charge in [0.2, 0.25) is 0 Å². The molecule has 4 rings (SSSR count). The predicted octanol–water partition coefficient (Wildman–Crippen LogP) is 4.18. The molecule has 1 atom stereocenters. The van der Waals surface area contributed by atoms with Crippen molar-refractivity contribution in [3.05, 3.63) is 53.1 Å². The molecule has 1 saturated heterocycles. The van der Waals surface area contributed by atoms with Crippen molar-refractivity contribution >= 4 is 54.0 Å². The Kier molecular flexibility index (Phi) is 5.61. The fraction of sp³-hybridized carbons (Fsp3) is 0.300. The molecule has 0 spiro atoms. The number of hydrogen-bond acceptors (Lipinski definition) is 6. The first kappa shape index (κ1) is 20.3. The van der Waals surface area contributed by atoms with Gasteiger partial charge in [-0.3, -0.25) is 9.69 Å². The standard InChI is InChI=1S/C20H19ClN2O4S2/c1-29(25,26)16-6-2-4-13(10-16)19(24)23(12-15-5-3-9-27-15)20-22-17-8-7-14(21)11-18(17)28-20/h2,4,6-8,10-11,15H,3,5,9,12H2,1H3. The van der Waals surface area contributed by atoms with Crippen LogP contribution in [0.15, 0.2) is 47.4 Å². The molecule has 0 radical (unpaired) electrons. The van der Waals surface area contributed by atoms with E-state index in [1.54, 1.807) is 23.1 Å². The van der Waals surface area contributed by atoms with E-state index >= 15 is 0 Å². The quantitative estimate of drug-likeness (QED) is 0.582. The van der Waals surface area contributed by atoms with Gasteiger partial charge in [0.25, 0.3) is 5.91 Å². The molecule has 1 aliphatic rings. The summed E-state index contributed by atoms with van der Waals surface area (Å²) in [6.07, 6.45) is 2.86. The number of halogens is 1. The number of benzene rings is 2. The third-order valence-electron chi connectivity index (χ3n) is 4.73. The number of aromatic nitrogens is 1. The molecular formula is C20H19ClN2O4S2. The Morgan fingerprint density at radius 2 is 2.14 bits per heavy atom. The number of rotatable bonds is 5. The van der Waals surface area contributed by atoms with Crippen molar-refractivity contribution in [1.82, 2.24) is 4.98 Å². The van der Waals surface area contributed by atoms with Gasteiger partial charge < -0.3 is 4.74 Å². The molecule has 0 aliphatic carbocycles. The molecule has 2 heterocycles. The Hall–Kier alpha value is -2.00. The fourth-order valence-corrected chi connectivity index (χ4v) is 5.17. The summed E-state index contributed by atoms with van der Waals surface area (Å²) in [4.78, 5) is 19.7. The van der Waals surface area contributed by atoms with E-state index in [2.05, 4.69) is 4.98 Å². The van der Waals surface area contributed by atoms with E-state index in [0.29, 0.717) is 28.9 Å². The first-order valence-corrected chi connectivity index (χ1v) is 12.2. The summed E-state index contributed by atoms with van der Waals surface area (Å²) in [5, 5.41) is 1.14. The van der Waals surface area contributed by atoms with Crippen molar-refractivity contribution in [3.63, 3.8) is 0 Å². The van der Waals surface area contributed by atoms with Gasteiger partial charge in [-0.1, -0.05) is 29.0 Å². The Bertz CT molecular complexity index is 1170. The lowest BCUT2D eigenvalue weighted by atomic mass is 10.2. The number of nitrogens with zero attached hydrogens (tertiary/aromatic N) is 2. The molecule has 0 bridgehead atoms. The second kappa shape index (κ2) is 8.02. The highest BCUT2D eigenvalue weighted by Gasteiger charge is 2.27. The Labute approximate surface area is 178 Å². The van der Waals surface area contributed by atoms with Crippen molar-refractivity contribution in [2.45, 2.75) is 23.8 Å². The second-order valence-corrected chi connectivity index (χ2v) is 10.4. The van der Waals surface area contributed by atoms with Crippen molar-refractivity contribution in [3.8, 4) is 0 Å². The van der Waals surface area contributed by atoms with E-state index in [4.69, 9.17) is 16.3 Å². The van der Waals surface area contributed by atoms with E-state index in [-0.39, 0.29) is 16.9 Å². The Balaban J connectivity index is 1.74. The van der Waals surface area contributed by atoms with Crippen LogP contribution in [0.4, 0.5) is 5.13 Å². The van der Waals surface area contributed by atoms with E-state index in [9.17, 15) is 13.2 Å². The Morgan fingerprint density at radius 1 is 1.31 bits per heavy atom. The average Bonchev–Trinajstić information content (AvgIpc) is 3.34. The highest BCUT2D eigenvalue weighted by molar-refractivity contribution is 7.90.